The van der Waals surface area contributed by atoms with Gasteiger partial charge in [-0.2, -0.15) is 0 Å². The minimum Gasteiger partial charge on any atom is -0.508 e. The van der Waals surface area contributed by atoms with E-state index in [1.807, 2.05) is 0 Å². The Bertz CT molecular complexity index is 1550. The number of ketones is 2. The van der Waals surface area contributed by atoms with Crippen LogP contribution in [0.15, 0.2) is 23.0 Å². The highest BCUT2D eigenvalue weighted by Crippen LogP contribution is 2.54. The van der Waals surface area contributed by atoms with Crippen LogP contribution in [0.3, 0.4) is 0 Å². The zero-order valence-electron chi connectivity index (χ0n) is 26.7. The maximum Gasteiger partial charge on any atom is 0.410 e. The third kappa shape index (κ3) is 5.42. The van der Waals surface area contributed by atoms with Gasteiger partial charge in [0.05, 0.1) is 30.4 Å². The lowest BCUT2D eigenvalue weighted by Crippen LogP contribution is -2.65. The number of anilines is 2. The molecule has 0 aliphatic heterocycles. The molecular weight excluding hydrogens is 602 g/mol. The van der Waals surface area contributed by atoms with Crippen molar-refractivity contribution in [3.05, 3.63) is 34.1 Å². The highest BCUT2D eigenvalue weighted by molar-refractivity contribution is 6.24. The number of amides is 2. The van der Waals surface area contributed by atoms with E-state index >= 15 is 0 Å². The number of ether oxygens (including phenoxy) is 1. The van der Waals surface area contributed by atoms with Crippen molar-refractivity contribution in [3.8, 4) is 5.75 Å². The summed E-state index contributed by atoms with van der Waals surface area (Å²) in [5.41, 5.74) is 2.64. The highest BCUT2D eigenvalue weighted by Gasteiger charge is 2.64. The van der Waals surface area contributed by atoms with Crippen LogP contribution >= 0.6 is 0 Å². The molecule has 3 aliphatic carbocycles. The third-order valence-corrected chi connectivity index (χ3v) is 8.90. The van der Waals surface area contributed by atoms with Crippen molar-refractivity contribution in [1.29, 1.82) is 0 Å². The highest BCUT2D eigenvalue weighted by atomic mass is 16.6. The summed E-state index contributed by atoms with van der Waals surface area (Å²) in [5.74, 6) is -7.34. The first-order valence-corrected chi connectivity index (χ1v) is 14.8. The number of aliphatic hydroxyl groups is 3. The minimum absolute atomic E-state index is 0.0209. The molecule has 0 bridgehead atoms. The number of nitrogens with one attached hydrogen (secondary N) is 1. The number of benzene rings is 1. The van der Waals surface area contributed by atoms with E-state index in [1.54, 1.807) is 38.9 Å². The number of carbonyl (C=O) groups excluding carboxylic acids is 5. The number of likely N-dealkylation sites (N-methyl/N-ethyl adjacent to an activating group) is 1. The van der Waals surface area contributed by atoms with Gasteiger partial charge in [0.25, 0.3) is 5.91 Å². The molecule has 15 nitrogen and oxygen atoms in total. The van der Waals surface area contributed by atoms with Gasteiger partial charge in [-0.25, -0.2) is 4.79 Å². The zero-order chi connectivity index (χ0) is 34.4. The van der Waals surface area contributed by atoms with Crippen LogP contribution in [-0.4, -0.2) is 126 Å². The summed E-state index contributed by atoms with van der Waals surface area (Å²) in [7, 11) is 6.58. The van der Waals surface area contributed by atoms with Crippen molar-refractivity contribution in [1.82, 2.24) is 9.80 Å². The molecule has 1 fully saturated rings. The van der Waals surface area contributed by atoms with Crippen molar-refractivity contribution in [2.24, 2.45) is 17.6 Å². The molecule has 1 saturated carbocycles. The second-order valence-corrected chi connectivity index (χ2v) is 12.3. The van der Waals surface area contributed by atoms with Gasteiger partial charge in [-0.3, -0.25) is 24.2 Å². The Morgan fingerprint density at radius 2 is 1.85 bits per heavy atom. The Kier molecular flexibility index (Phi) is 9.41. The lowest BCUT2D eigenvalue weighted by Gasteiger charge is -2.50. The Hall–Kier alpha value is -4.63. The number of fused-ring (bicyclic) bond motifs is 3. The SMILES string of the molecule is CCOC(=O)N(CC=O)CC(C)Nc1cc(N(C)C)c2c(c1O)C(O)=C1C(=O)[C@]3(O)C(O)=C(C(N)=O)C(=O)[C@@H](N(C)C)[C@@H]3C[C@@H]1C2. The molecular formula is C31H41N5O10. The molecule has 0 heterocycles. The van der Waals surface area contributed by atoms with Crippen LogP contribution in [0.1, 0.15) is 31.4 Å². The normalized spacial score (nSPS) is 24.6. The zero-order valence-corrected chi connectivity index (χ0v) is 26.7. The molecule has 0 aromatic heterocycles. The molecule has 0 radical (unpaired) electrons. The number of phenols is 1. The number of hydrogen-bond donors (Lipinski definition) is 6. The molecule has 0 spiro atoms. The molecule has 5 atom stereocenters. The predicted octanol–water partition coefficient (Wildman–Crippen LogP) is 0.488. The van der Waals surface area contributed by atoms with Crippen LogP contribution in [0.5, 0.6) is 5.75 Å². The standard InChI is InChI=1S/C31H41N5O10/c1-7-46-30(44)36(8-9-37)13-14(2)33-18-12-19(34(3)4)16-10-15-11-17-23(35(5)6)26(40)22(29(32)43)28(42)31(17,45)27(41)20(15)25(39)21(16)24(18)38/h9,12,14-15,17,23,33,38-39,42,45H,7-8,10-11,13H2,1-6H3,(H2,32,43)/t14?,15-,17-,23-,31-/m0/s1. The summed E-state index contributed by atoms with van der Waals surface area (Å²) in [6, 6.07) is -0.0661. The van der Waals surface area contributed by atoms with E-state index in [1.165, 1.54) is 23.9 Å². The van der Waals surface area contributed by atoms with Crippen molar-refractivity contribution >= 4 is 47.0 Å². The fourth-order valence-electron chi connectivity index (χ4n) is 6.97. The summed E-state index contributed by atoms with van der Waals surface area (Å²) >= 11 is 0. The molecule has 7 N–H and O–H groups in total. The summed E-state index contributed by atoms with van der Waals surface area (Å²) in [5, 5.41) is 49.2. The summed E-state index contributed by atoms with van der Waals surface area (Å²) in [4.78, 5) is 67.5. The van der Waals surface area contributed by atoms with Crippen molar-refractivity contribution < 1.29 is 49.1 Å². The minimum atomic E-state index is -2.75. The van der Waals surface area contributed by atoms with Crippen LogP contribution < -0.4 is 16.0 Å². The first-order valence-electron chi connectivity index (χ1n) is 14.8. The number of aromatic hydroxyl groups is 1. The average Bonchev–Trinajstić information content (AvgIpc) is 2.95. The number of phenolic OH excluding ortho intramolecular Hbond substituents is 1. The Morgan fingerprint density at radius 1 is 1.20 bits per heavy atom. The van der Waals surface area contributed by atoms with Crippen LogP contribution in [0.4, 0.5) is 16.2 Å². The molecule has 1 aromatic carbocycles. The fourth-order valence-corrected chi connectivity index (χ4v) is 6.97. The maximum atomic E-state index is 14.2. The molecule has 250 valence electrons. The van der Waals surface area contributed by atoms with Gasteiger partial charge in [0.15, 0.2) is 11.4 Å². The quantitative estimate of drug-likeness (QED) is 0.116. The summed E-state index contributed by atoms with van der Waals surface area (Å²) in [6.45, 7) is 3.25. The molecule has 3 aliphatic rings. The number of Topliss-reactive ketones (excluding diaryl/α,β-unsaturated/α-hetero) is 2. The van der Waals surface area contributed by atoms with E-state index in [2.05, 4.69) is 5.32 Å². The Labute approximate surface area is 265 Å². The molecule has 15 heteroatoms. The molecule has 1 unspecified atom stereocenters. The van der Waals surface area contributed by atoms with Gasteiger partial charge in [-0.15, -0.1) is 0 Å². The van der Waals surface area contributed by atoms with Crippen molar-refractivity contribution in [3.63, 3.8) is 0 Å². The number of rotatable bonds is 10. The van der Waals surface area contributed by atoms with Crippen LogP contribution in [0.25, 0.3) is 5.76 Å². The van der Waals surface area contributed by atoms with Gasteiger partial charge in [0, 0.05) is 43.9 Å². The summed E-state index contributed by atoms with van der Waals surface area (Å²) < 4.78 is 5.01. The smallest absolute Gasteiger partial charge is 0.410 e. The van der Waals surface area contributed by atoms with E-state index in [0.717, 1.165) is 0 Å². The van der Waals surface area contributed by atoms with E-state index in [4.69, 9.17) is 10.5 Å². The number of primary amides is 1. The van der Waals surface area contributed by atoms with Crippen LogP contribution in [0.2, 0.25) is 0 Å². The second kappa shape index (κ2) is 12.6. The van der Waals surface area contributed by atoms with Gasteiger partial charge in [0.2, 0.25) is 5.78 Å². The molecule has 2 amide bonds. The van der Waals surface area contributed by atoms with Crippen LogP contribution in [0, 0.1) is 11.8 Å². The Balaban J connectivity index is 1.84. The number of carbonyl (C=O) groups is 5. The van der Waals surface area contributed by atoms with Gasteiger partial charge in [-0.05, 0) is 58.3 Å². The van der Waals surface area contributed by atoms with E-state index in [9.17, 15) is 44.4 Å². The molecule has 4 rings (SSSR count). The van der Waals surface area contributed by atoms with Gasteiger partial charge >= 0.3 is 6.09 Å². The lowest BCUT2D eigenvalue weighted by molar-refractivity contribution is -0.153. The van der Waals surface area contributed by atoms with E-state index in [-0.39, 0.29) is 49.4 Å². The lowest BCUT2D eigenvalue weighted by atomic mass is 9.57. The number of nitrogens with two attached hydrogens (primary N) is 1. The number of aldehydes is 1. The van der Waals surface area contributed by atoms with E-state index in [0.29, 0.717) is 17.5 Å². The van der Waals surface area contributed by atoms with Gasteiger partial charge in [0.1, 0.15) is 29.1 Å². The topological polar surface area (TPSA) is 223 Å². The first kappa shape index (κ1) is 34.2. The monoisotopic (exact) mass is 643 g/mol. The maximum absolute atomic E-state index is 14.2. The molecule has 1 aromatic rings. The van der Waals surface area contributed by atoms with Crippen LogP contribution in [-0.2, 0) is 30.3 Å². The average molecular weight is 644 g/mol. The number of aliphatic hydroxyl groups excluding tert-OH is 2. The van der Waals surface area contributed by atoms with Crippen molar-refractivity contribution in [2.75, 3.05) is 58.1 Å². The number of nitrogens with zero attached hydrogens (tertiary/aromatic N) is 3. The van der Waals surface area contributed by atoms with Crippen molar-refractivity contribution in [2.45, 2.75) is 44.4 Å². The molecule has 46 heavy (non-hydrogen) atoms. The van der Waals surface area contributed by atoms with Gasteiger partial charge < -0.3 is 45.9 Å². The molecule has 0 saturated heterocycles. The Morgan fingerprint density at radius 3 is 2.39 bits per heavy atom. The summed E-state index contributed by atoms with van der Waals surface area (Å²) in [6.07, 6.45) is -0.0319. The second-order valence-electron chi connectivity index (χ2n) is 12.3. The number of hydrogen-bond acceptors (Lipinski definition) is 13. The van der Waals surface area contributed by atoms with E-state index < -0.39 is 75.9 Å². The first-order chi connectivity index (χ1) is 21.5. The third-order valence-electron chi connectivity index (χ3n) is 8.90. The van der Waals surface area contributed by atoms with Gasteiger partial charge in [-0.1, -0.05) is 0 Å². The fraction of sp³-hybridized carbons (Fsp3) is 0.516. The largest absolute Gasteiger partial charge is 0.508 e. The predicted molar refractivity (Wildman–Crippen MR) is 166 cm³/mol.